The predicted molar refractivity (Wildman–Crippen MR) is 102 cm³/mol. The molecule has 1 heterocycles. The zero-order valence-electron chi connectivity index (χ0n) is 14.7. The van der Waals surface area contributed by atoms with E-state index < -0.39 is 11.6 Å². The maximum absolute atomic E-state index is 13.6. The van der Waals surface area contributed by atoms with E-state index in [4.69, 9.17) is 9.47 Å². The van der Waals surface area contributed by atoms with Crippen LogP contribution in [0.15, 0.2) is 46.9 Å². The number of rotatable bonds is 7. The minimum absolute atomic E-state index is 0.0816. The lowest BCUT2D eigenvalue weighted by atomic mass is 10.2. The molecule has 0 atom stereocenters. The van der Waals surface area contributed by atoms with Crippen molar-refractivity contribution in [2.75, 3.05) is 12.5 Å². The zero-order chi connectivity index (χ0) is 19.2. The van der Waals surface area contributed by atoms with Crippen molar-refractivity contribution in [3.8, 4) is 11.5 Å². The highest BCUT2D eigenvalue weighted by atomic mass is 32.1. The van der Waals surface area contributed by atoms with Crippen molar-refractivity contribution in [3.05, 3.63) is 69.7 Å². The molecular weight excluding hydrogens is 372 g/mol. The van der Waals surface area contributed by atoms with Crippen LogP contribution in [0.3, 0.4) is 0 Å². The van der Waals surface area contributed by atoms with Crippen molar-refractivity contribution in [1.82, 2.24) is 4.98 Å². The van der Waals surface area contributed by atoms with Gasteiger partial charge in [-0.15, -0.1) is 11.3 Å². The van der Waals surface area contributed by atoms with Crippen LogP contribution in [-0.2, 0) is 6.61 Å². The van der Waals surface area contributed by atoms with E-state index in [1.54, 1.807) is 36.6 Å². The molecule has 3 aromatic rings. The smallest absolute Gasteiger partial charge is 0.161 e. The summed E-state index contributed by atoms with van der Waals surface area (Å²) in [7, 11) is 1.54. The summed E-state index contributed by atoms with van der Waals surface area (Å²) >= 11 is 1.57. The Kier molecular flexibility index (Phi) is 5.97. The number of hydrogen-bond acceptors (Lipinski definition) is 6. The summed E-state index contributed by atoms with van der Waals surface area (Å²) < 4.78 is 37.6. The molecule has 2 aromatic carbocycles. The lowest BCUT2D eigenvalue weighted by Crippen LogP contribution is -1.99. The normalized spacial score (nSPS) is 11.0. The third-order valence-electron chi connectivity index (χ3n) is 3.56. The summed E-state index contributed by atoms with van der Waals surface area (Å²) in [5.74, 6) is -0.238. The number of benzene rings is 2. The van der Waals surface area contributed by atoms with Crippen LogP contribution in [0, 0.1) is 18.6 Å². The van der Waals surface area contributed by atoms with Gasteiger partial charge >= 0.3 is 0 Å². The van der Waals surface area contributed by atoms with Crippen LogP contribution in [0.5, 0.6) is 11.5 Å². The van der Waals surface area contributed by atoms with E-state index in [-0.39, 0.29) is 5.69 Å². The van der Waals surface area contributed by atoms with Gasteiger partial charge in [-0.2, -0.15) is 5.10 Å². The summed E-state index contributed by atoms with van der Waals surface area (Å²) in [5, 5.41) is 6.89. The van der Waals surface area contributed by atoms with E-state index in [0.717, 1.165) is 28.4 Å². The van der Waals surface area contributed by atoms with Crippen LogP contribution in [0.1, 0.15) is 16.3 Å². The number of hydrogen-bond donors (Lipinski definition) is 1. The quantitative estimate of drug-likeness (QED) is 0.467. The first kappa shape index (κ1) is 18.8. The molecule has 0 spiro atoms. The van der Waals surface area contributed by atoms with Crippen LogP contribution in [0.2, 0.25) is 0 Å². The molecule has 3 rings (SSSR count). The molecule has 27 heavy (non-hydrogen) atoms. The lowest BCUT2D eigenvalue weighted by Gasteiger charge is -2.10. The highest BCUT2D eigenvalue weighted by Crippen LogP contribution is 2.28. The zero-order valence-corrected chi connectivity index (χ0v) is 15.5. The van der Waals surface area contributed by atoms with E-state index in [9.17, 15) is 8.78 Å². The Bertz CT molecular complexity index is 960. The molecule has 0 aliphatic rings. The number of aromatic nitrogens is 1. The van der Waals surface area contributed by atoms with Crippen LogP contribution < -0.4 is 14.9 Å². The number of methoxy groups -OCH3 is 1. The molecule has 8 heteroatoms. The van der Waals surface area contributed by atoms with Crippen LogP contribution >= 0.6 is 11.3 Å². The van der Waals surface area contributed by atoms with Gasteiger partial charge in [-0.1, -0.05) is 0 Å². The Balaban J connectivity index is 1.66. The summed E-state index contributed by atoms with van der Waals surface area (Å²) in [5.41, 5.74) is 4.20. The fourth-order valence-electron chi connectivity index (χ4n) is 2.27. The molecule has 0 radical (unpaired) electrons. The fraction of sp³-hybridized carbons (Fsp3) is 0.158. The van der Waals surface area contributed by atoms with Gasteiger partial charge in [0.2, 0.25) is 0 Å². The number of halogens is 2. The number of hydrazone groups is 1. The Hall–Kier alpha value is -3.00. The summed E-state index contributed by atoms with van der Waals surface area (Å²) in [6, 6.07) is 8.51. The van der Waals surface area contributed by atoms with Crippen LogP contribution in [0.4, 0.5) is 14.5 Å². The molecule has 0 aliphatic carbocycles. The van der Waals surface area contributed by atoms with Gasteiger partial charge in [0.15, 0.2) is 17.3 Å². The minimum atomic E-state index is -0.717. The average Bonchev–Trinajstić information content (AvgIpc) is 3.07. The highest BCUT2D eigenvalue weighted by Gasteiger charge is 2.07. The van der Waals surface area contributed by atoms with Crippen molar-refractivity contribution >= 4 is 23.2 Å². The third-order valence-corrected chi connectivity index (χ3v) is 4.38. The Morgan fingerprint density at radius 3 is 2.74 bits per heavy atom. The second kappa shape index (κ2) is 8.59. The molecule has 5 nitrogen and oxygen atoms in total. The van der Waals surface area contributed by atoms with Gasteiger partial charge in [0.05, 0.1) is 29.7 Å². The van der Waals surface area contributed by atoms with Crippen LogP contribution in [-0.4, -0.2) is 18.3 Å². The van der Waals surface area contributed by atoms with Crippen molar-refractivity contribution in [2.45, 2.75) is 13.5 Å². The van der Waals surface area contributed by atoms with Gasteiger partial charge in [0.25, 0.3) is 0 Å². The number of thiazole rings is 1. The first-order chi connectivity index (χ1) is 13.0. The van der Waals surface area contributed by atoms with Gasteiger partial charge < -0.3 is 9.47 Å². The number of anilines is 1. The predicted octanol–water partition coefficient (Wildman–Crippen LogP) is 4.76. The van der Waals surface area contributed by atoms with Crippen LogP contribution in [0.25, 0.3) is 0 Å². The molecular formula is C19H17F2N3O2S. The van der Waals surface area contributed by atoms with Gasteiger partial charge in [-0.05, 0) is 42.8 Å². The van der Waals surface area contributed by atoms with Gasteiger partial charge in [0.1, 0.15) is 12.4 Å². The van der Waals surface area contributed by atoms with E-state index in [0.29, 0.717) is 18.1 Å². The van der Waals surface area contributed by atoms with Gasteiger partial charge in [0, 0.05) is 11.4 Å². The van der Waals surface area contributed by atoms with Crippen molar-refractivity contribution < 1.29 is 18.3 Å². The van der Waals surface area contributed by atoms with Gasteiger partial charge in [-0.25, -0.2) is 13.8 Å². The monoisotopic (exact) mass is 389 g/mol. The van der Waals surface area contributed by atoms with E-state index in [2.05, 4.69) is 15.5 Å². The van der Waals surface area contributed by atoms with Crippen molar-refractivity contribution in [2.24, 2.45) is 5.10 Å². The molecule has 0 aliphatic heterocycles. The summed E-state index contributed by atoms with van der Waals surface area (Å²) in [6.07, 6.45) is 1.50. The maximum atomic E-state index is 13.6. The molecule has 0 bridgehead atoms. The number of ether oxygens (including phenoxy) is 2. The molecule has 0 saturated heterocycles. The molecule has 140 valence electrons. The largest absolute Gasteiger partial charge is 0.493 e. The summed E-state index contributed by atoms with van der Waals surface area (Å²) in [6.45, 7) is 2.29. The Labute approximate surface area is 159 Å². The summed E-state index contributed by atoms with van der Waals surface area (Å²) in [4.78, 5) is 4.35. The van der Waals surface area contributed by atoms with Gasteiger partial charge in [-0.3, -0.25) is 5.43 Å². The topological polar surface area (TPSA) is 55.7 Å². The molecule has 1 aromatic heterocycles. The number of aryl methyl sites for hydroxylation is 1. The lowest BCUT2D eigenvalue weighted by molar-refractivity contribution is 0.281. The fourth-order valence-corrected chi connectivity index (χ4v) is 2.86. The molecule has 1 N–H and O–H groups in total. The highest BCUT2D eigenvalue weighted by molar-refractivity contribution is 7.09. The van der Waals surface area contributed by atoms with E-state index >= 15 is 0 Å². The molecule has 0 saturated carbocycles. The average molecular weight is 389 g/mol. The van der Waals surface area contributed by atoms with Crippen molar-refractivity contribution in [3.63, 3.8) is 0 Å². The number of nitrogens with zero attached hydrogens (tertiary/aromatic N) is 2. The first-order valence-corrected chi connectivity index (χ1v) is 8.89. The molecule has 0 amide bonds. The Morgan fingerprint density at radius 2 is 2.04 bits per heavy atom. The second-order valence-electron chi connectivity index (χ2n) is 5.55. The van der Waals surface area contributed by atoms with E-state index in [1.807, 2.05) is 12.3 Å². The minimum Gasteiger partial charge on any atom is -0.493 e. The van der Waals surface area contributed by atoms with Crippen molar-refractivity contribution in [1.29, 1.82) is 0 Å². The maximum Gasteiger partial charge on any atom is 0.161 e. The Morgan fingerprint density at radius 1 is 1.19 bits per heavy atom. The number of nitrogens with one attached hydrogen (secondary N) is 1. The molecule has 0 unspecified atom stereocenters. The standard InChI is InChI=1S/C19H17F2N3O2S/c1-12-23-15(11-27-12)10-26-18-6-3-13(7-19(18)25-2)9-22-24-17-5-4-14(20)8-16(17)21/h3-9,11,24H,10H2,1-2H3/b22-9-. The second-order valence-corrected chi connectivity index (χ2v) is 6.61. The van der Waals surface area contributed by atoms with E-state index in [1.165, 1.54) is 12.3 Å². The SMILES string of the molecule is COc1cc(/C=N\Nc2ccc(F)cc2F)ccc1OCc1csc(C)n1. The third kappa shape index (κ3) is 5.01. The first-order valence-electron chi connectivity index (χ1n) is 8.01. The molecule has 0 fully saturated rings.